The van der Waals surface area contributed by atoms with Gasteiger partial charge in [-0.2, -0.15) is 0 Å². The molecule has 0 heterocycles. The van der Waals surface area contributed by atoms with Crippen LogP contribution in [0.4, 0.5) is 0 Å². The zero-order valence-electron chi connectivity index (χ0n) is 16.3. The SMILES string of the molecule is CC(C)c1ccc2ccc3c(C(C)C)cc(C(C)C)c4ccc1c2c34. The van der Waals surface area contributed by atoms with Gasteiger partial charge in [-0.25, -0.2) is 0 Å². The molecule has 0 N–H and O–H groups in total. The highest BCUT2D eigenvalue weighted by Crippen LogP contribution is 2.43. The van der Waals surface area contributed by atoms with Crippen LogP contribution in [0.3, 0.4) is 0 Å². The third kappa shape index (κ3) is 2.34. The van der Waals surface area contributed by atoms with E-state index in [9.17, 15) is 0 Å². The highest BCUT2D eigenvalue weighted by atomic mass is 14.2. The zero-order chi connectivity index (χ0) is 17.9. The maximum Gasteiger partial charge on any atom is -0.00210 e. The minimum Gasteiger partial charge on any atom is -0.0587 e. The average Bonchev–Trinajstić information content (AvgIpc) is 2.58. The van der Waals surface area contributed by atoms with E-state index >= 15 is 0 Å². The van der Waals surface area contributed by atoms with Gasteiger partial charge >= 0.3 is 0 Å². The number of benzene rings is 4. The predicted octanol–water partition coefficient (Wildman–Crippen LogP) is 7.95. The summed E-state index contributed by atoms with van der Waals surface area (Å²) in [7, 11) is 0. The summed E-state index contributed by atoms with van der Waals surface area (Å²) < 4.78 is 0. The average molecular weight is 328 g/mol. The van der Waals surface area contributed by atoms with E-state index in [1.54, 1.807) is 0 Å². The Kier molecular flexibility index (Phi) is 3.76. The fraction of sp³-hybridized carbons (Fsp3) is 0.360. The lowest BCUT2D eigenvalue weighted by Gasteiger charge is -2.22. The highest BCUT2D eigenvalue weighted by molar-refractivity contribution is 6.25. The van der Waals surface area contributed by atoms with Crippen LogP contribution in [0.5, 0.6) is 0 Å². The van der Waals surface area contributed by atoms with Gasteiger partial charge in [0.1, 0.15) is 0 Å². The molecule has 0 aliphatic rings. The first-order valence-electron chi connectivity index (χ1n) is 9.64. The quantitative estimate of drug-likeness (QED) is 0.335. The number of rotatable bonds is 3. The fourth-order valence-electron chi connectivity index (χ4n) is 4.43. The van der Waals surface area contributed by atoms with E-state index in [1.807, 2.05) is 0 Å². The van der Waals surface area contributed by atoms with Crippen molar-refractivity contribution in [2.45, 2.75) is 59.3 Å². The summed E-state index contributed by atoms with van der Waals surface area (Å²) in [6, 6.07) is 16.5. The fourth-order valence-corrected chi connectivity index (χ4v) is 4.43. The molecule has 0 saturated carbocycles. The van der Waals surface area contributed by atoms with Crippen molar-refractivity contribution in [1.29, 1.82) is 0 Å². The van der Waals surface area contributed by atoms with Crippen LogP contribution >= 0.6 is 0 Å². The molecule has 0 unspecified atom stereocenters. The van der Waals surface area contributed by atoms with E-state index in [-0.39, 0.29) is 0 Å². The second-order valence-electron chi connectivity index (χ2n) is 8.42. The lowest BCUT2D eigenvalue weighted by Crippen LogP contribution is -1.99. The molecule has 0 saturated heterocycles. The van der Waals surface area contributed by atoms with Gasteiger partial charge in [0, 0.05) is 0 Å². The van der Waals surface area contributed by atoms with Crippen LogP contribution in [0, 0.1) is 0 Å². The molecule has 0 radical (unpaired) electrons. The number of hydrogen-bond acceptors (Lipinski definition) is 0. The molecular formula is C25H28. The highest BCUT2D eigenvalue weighted by Gasteiger charge is 2.18. The summed E-state index contributed by atoms with van der Waals surface area (Å²) in [4.78, 5) is 0. The van der Waals surface area contributed by atoms with Crippen LogP contribution in [0.25, 0.3) is 32.3 Å². The molecule has 4 aromatic rings. The van der Waals surface area contributed by atoms with Crippen molar-refractivity contribution in [3.8, 4) is 0 Å². The van der Waals surface area contributed by atoms with E-state index in [4.69, 9.17) is 0 Å². The molecule has 0 atom stereocenters. The van der Waals surface area contributed by atoms with Crippen molar-refractivity contribution >= 4 is 32.3 Å². The van der Waals surface area contributed by atoms with E-state index in [2.05, 4.69) is 84.0 Å². The first kappa shape index (κ1) is 16.4. The second-order valence-corrected chi connectivity index (χ2v) is 8.42. The van der Waals surface area contributed by atoms with E-state index in [0.717, 1.165) is 0 Å². The minimum absolute atomic E-state index is 0.534. The molecule has 0 aliphatic heterocycles. The maximum atomic E-state index is 2.46. The maximum absolute atomic E-state index is 2.46. The van der Waals surface area contributed by atoms with Crippen LogP contribution < -0.4 is 0 Å². The van der Waals surface area contributed by atoms with Gasteiger partial charge < -0.3 is 0 Å². The van der Waals surface area contributed by atoms with E-state index in [1.165, 1.54) is 49.0 Å². The Morgan fingerprint density at radius 2 is 0.920 bits per heavy atom. The van der Waals surface area contributed by atoms with Crippen LogP contribution in [0.1, 0.15) is 76.0 Å². The van der Waals surface area contributed by atoms with Crippen molar-refractivity contribution in [3.63, 3.8) is 0 Å². The Hall–Kier alpha value is -2.08. The lowest BCUT2D eigenvalue weighted by molar-refractivity contribution is 0.847. The van der Waals surface area contributed by atoms with Gasteiger partial charge in [0.15, 0.2) is 0 Å². The molecule has 0 bridgehead atoms. The molecule has 4 rings (SSSR count). The Morgan fingerprint density at radius 1 is 0.480 bits per heavy atom. The van der Waals surface area contributed by atoms with E-state index in [0.29, 0.717) is 17.8 Å². The topological polar surface area (TPSA) is 0 Å². The summed E-state index contributed by atoms with van der Waals surface area (Å²) in [6.45, 7) is 13.9. The molecule has 0 aromatic heterocycles. The van der Waals surface area contributed by atoms with Crippen molar-refractivity contribution in [2.24, 2.45) is 0 Å². The first-order chi connectivity index (χ1) is 11.9. The predicted molar refractivity (Wildman–Crippen MR) is 112 cm³/mol. The Labute approximate surface area is 151 Å². The molecule has 0 aliphatic carbocycles. The van der Waals surface area contributed by atoms with Gasteiger partial charge in [-0.3, -0.25) is 0 Å². The summed E-state index contributed by atoms with van der Waals surface area (Å²) in [5.74, 6) is 1.61. The molecule has 128 valence electrons. The third-order valence-corrected chi connectivity index (χ3v) is 5.75. The van der Waals surface area contributed by atoms with Crippen LogP contribution in [0.15, 0.2) is 42.5 Å². The van der Waals surface area contributed by atoms with Gasteiger partial charge in [-0.15, -0.1) is 0 Å². The minimum atomic E-state index is 0.534. The number of hydrogen-bond donors (Lipinski definition) is 0. The van der Waals surface area contributed by atoms with Crippen molar-refractivity contribution in [2.75, 3.05) is 0 Å². The molecule has 0 fully saturated rings. The van der Waals surface area contributed by atoms with Gasteiger partial charge in [-0.05, 0) is 66.8 Å². The zero-order valence-corrected chi connectivity index (χ0v) is 16.3. The smallest absolute Gasteiger partial charge is 0.00210 e. The summed E-state index contributed by atoms with van der Waals surface area (Å²) in [5, 5.41) is 8.62. The molecule has 0 heteroatoms. The van der Waals surface area contributed by atoms with Crippen LogP contribution in [-0.4, -0.2) is 0 Å². The van der Waals surface area contributed by atoms with Crippen molar-refractivity contribution in [1.82, 2.24) is 0 Å². The normalized spacial score (nSPS) is 12.7. The molecule has 0 amide bonds. The largest absolute Gasteiger partial charge is 0.0587 e. The molecular weight excluding hydrogens is 300 g/mol. The monoisotopic (exact) mass is 328 g/mol. The molecule has 4 aromatic carbocycles. The Bertz CT molecular complexity index is 1040. The molecule has 25 heavy (non-hydrogen) atoms. The van der Waals surface area contributed by atoms with Gasteiger partial charge in [-0.1, -0.05) is 84.0 Å². The van der Waals surface area contributed by atoms with Gasteiger partial charge in [0.2, 0.25) is 0 Å². The standard InChI is InChI=1S/C25H28/c1-14(2)18-9-7-17-8-10-20-22(15(3)4)13-23(16(5)6)21-12-11-19(18)24(17)25(20)21/h7-16H,1-6H3. The van der Waals surface area contributed by atoms with Crippen LogP contribution in [-0.2, 0) is 0 Å². The van der Waals surface area contributed by atoms with Gasteiger partial charge in [0.25, 0.3) is 0 Å². The second kappa shape index (κ2) is 5.73. The summed E-state index contributed by atoms with van der Waals surface area (Å²) in [5.41, 5.74) is 4.43. The third-order valence-electron chi connectivity index (χ3n) is 5.75. The summed E-state index contributed by atoms with van der Waals surface area (Å²) in [6.07, 6.45) is 0. The first-order valence-corrected chi connectivity index (χ1v) is 9.64. The Morgan fingerprint density at radius 3 is 1.44 bits per heavy atom. The van der Waals surface area contributed by atoms with Gasteiger partial charge in [0.05, 0.1) is 0 Å². The molecule has 0 spiro atoms. The van der Waals surface area contributed by atoms with E-state index < -0.39 is 0 Å². The van der Waals surface area contributed by atoms with Crippen LogP contribution in [0.2, 0.25) is 0 Å². The van der Waals surface area contributed by atoms with Crippen molar-refractivity contribution < 1.29 is 0 Å². The Balaban J connectivity index is 2.30. The van der Waals surface area contributed by atoms with Crippen molar-refractivity contribution in [3.05, 3.63) is 59.2 Å². The lowest BCUT2D eigenvalue weighted by atomic mass is 9.82. The molecule has 0 nitrogen and oxygen atoms in total. The summed E-state index contributed by atoms with van der Waals surface area (Å²) >= 11 is 0.